The molecular formula is C24H21NO5. The number of benzene rings is 3. The molecule has 0 atom stereocenters. The van der Waals surface area contributed by atoms with Crippen molar-refractivity contribution in [1.82, 2.24) is 0 Å². The fourth-order valence-corrected chi connectivity index (χ4v) is 3.84. The summed E-state index contributed by atoms with van der Waals surface area (Å²) in [6, 6.07) is 16.4. The lowest BCUT2D eigenvalue weighted by Crippen LogP contribution is -2.01. The summed E-state index contributed by atoms with van der Waals surface area (Å²) >= 11 is 0. The van der Waals surface area contributed by atoms with Crippen LogP contribution in [0.5, 0.6) is 17.2 Å². The third kappa shape index (κ3) is 3.89. The van der Waals surface area contributed by atoms with E-state index >= 15 is 0 Å². The molecule has 1 aliphatic carbocycles. The fraction of sp³-hybridized carbons (Fsp3) is 0.208. The van der Waals surface area contributed by atoms with Crippen molar-refractivity contribution in [2.75, 3.05) is 0 Å². The number of hydrogen-bond acceptors (Lipinski definition) is 5. The molecule has 0 saturated carbocycles. The monoisotopic (exact) mass is 403 g/mol. The number of nitro benzene ring substituents is 1. The number of fused-ring (bicyclic) bond motifs is 1. The van der Waals surface area contributed by atoms with Crippen molar-refractivity contribution >= 4 is 12.0 Å². The molecule has 0 N–H and O–H groups in total. The molecule has 3 aromatic carbocycles. The number of hydrogen-bond donors (Lipinski definition) is 0. The number of ether oxygens (including phenoxy) is 2. The number of rotatable bonds is 7. The summed E-state index contributed by atoms with van der Waals surface area (Å²) in [5, 5.41) is 11.4. The molecule has 0 aliphatic heterocycles. The molecule has 1 aliphatic rings. The van der Waals surface area contributed by atoms with Crippen LogP contribution in [0.1, 0.15) is 39.0 Å². The summed E-state index contributed by atoms with van der Waals surface area (Å²) in [6.07, 6.45) is 3.02. The van der Waals surface area contributed by atoms with E-state index in [0.29, 0.717) is 41.4 Å². The maximum atomic E-state index is 11.6. The van der Waals surface area contributed by atoms with Crippen LogP contribution in [0.4, 0.5) is 5.69 Å². The normalized spacial score (nSPS) is 12.3. The molecule has 0 aromatic heterocycles. The first-order valence-electron chi connectivity index (χ1n) is 9.80. The van der Waals surface area contributed by atoms with E-state index < -0.39 is 0 Å². The smallest absolute Gasteiger partial charge is 0.273 e. The first-order chi connectivity index (χ1) is 14.6. The van der Waals surface area contributed by atoms with Gasteiger partial charge in [0.25, 0.3) is 5.69 Å². The minimum absolute atomic E-state index is 0.158. The van der Waals surface area contributed by atoms with Crippen LogP contribution in [0.25, 0.3) is 0 Å². The molecule has 152 valence electrons. The average molecular weight is 403 g/mol. The van der Waals surface area contributed by atoms with Gasteiger partial charge in [-0.25, -0.2) is 0 Å². The van der Waals surface area contributed by atoms with Gasteiger partial charge in [0.2, 0.25) is 0 Å². The predicted molar refractivity (Wildman–Crippen MR) is 113 cm³/mol. The summed E-state index contributed by atoms with van der Waals surface area (Å²) in [5.41, 5.74) is 3.90. The van der Waals surface area contributed by atoms with E-state index in [4.69, 9.17) is 9.47 Å². The number of nitro groups is 1. The third-order valence-electron chi connectivity index (χ3n) is 5.27. The maximum absolute atomic E-state index is 11.6. The molecule has 4 rings (SSSR count). The van der Waals surface area contributed by atoms with Gasteiger partial charge in [-0.05, 0) is 55.5 Å². The van der Waals surface area contributed by atoms with Gasteiger partial charge in [-0.3, -0.25) is 14.9 Å². The zero-order chi connectivity index (χ0) is 21.1. The Morgan fingerprint density at radius 2 is 1.83 bits per heavy atom. The molecule has 0 saturated heterocycles. The molecule has 6 heteroatoms. The number of nitrogens with zero attached hydrogens (tertiary/aromatic N) is 1. The Labute approximate surface area is 174 Å². The van der Waals surface area contributed by atoms with Gasteiger partial charge in [0.05, 0.1) is 10.5 Å². The highest BCUT2D eigenvalue weighted by Gasteiger charge is 2.27. The van der Waals surface area contributed by atoms with E-state index in [0.717, 1.165) is 35.8 Å². The van der Waals surface area contributed by atoms with E-state index in [-0.39, 0.29) is 10.6 Å². The van der Waals surface area contributed by atoms with Gasteiger partial charge < -0.3 is 9.47 Å². The number of carbonyl (C=O) groups is 1. The Morgan fingerprint density at radius 1 is 1.07 bits per heavy atom. The topological polar surface area (TPSA) is 78.7 Å². The summed E-state index contributed by atoms with van der Waals surface area (Å²) < 4.78 is 11.9. The highest BCUT2D eigenvalue weighted by molar-refractivity contribution is 5.80. The molecule has 0 spiro atoms. The highest BCUT2D eigenvalue weighted by atomic mass is 16.6. The molecule has 6 nitrogen and oxygen atoms in total. The van der Waals surface area contributed by atoms with Crippen molar-refractivity contribution in [2.45, 2.75) is 32.8 Å². The van der Waals surface area contributed by atoms with Gasteiger partial charge in [-0.1, -0.05) is 30.3 Å². The molecule has 0 unspecified atom stereocenters. The van der Waals surface area contributed by atoms with Gasteiger partial charge in [0, 0.05) is 17.2 Å². The van der Waals surface area contributed by atoms with Crippen molar-refractivity contribution in [3.05, 3.63) is 92.5 Å². The Bertz CT molecular complexity index is 1110. The summed E-state index contributed by atoms with van der Waals surface area (Å²) in [7, 11) is 0. The van der Waals surface area contributed by atoms with E-state index in [1.54, 1.807) is 31.2 Å². The van der Waals surface area contributed by atoms with Crippen molar-refractivity contribution in [2.24, 2.45) is 0 Å². The Kier molecular flexibility index (Phi) is 5.48. The lowest BCUT2D eigenvalue weighted by Gasteiger charge is -2.15. The molecule has 30 heavy (non-hydrogen) atoms. The minimum atomic E-state index is -0.329. The zero-order valence-corrected chi connectivity index (χ0v) is 16.6. The summed E-state index contributed by atoms with van der Waals surface area (Å²) in [4.78, 5) is 22.7. The zero-order valence-electron chi connectivity index (χ0n) is 16.6. The van der Waals surface area contributed by atoms with Crippen LogP contribution < -0.4 is 9.47 Å². The van der Waals surface area contributed by atoms with Gasteiger partial charge in [-0.15, -0.1) is 0 Å². The lowest BCUT2D eigenvalue weighted by atomic mass is 10.0. The second-order valence-corrected chi connectivity index (χ2v) is 7.30. The van der Waals surface area contributed by atoms with Crippen LogP contribution in [0.15, 0.2) is 54.6 Å². The largest absolute Gasteiger partial charge is 0.488 e. The second kappa shape index (κ2) is 8.37. The summed E-state index contributed by atoms with van der Waals surface area (Å²) in [5.74, 6) is 1.62. The Hall–Kier alpha value is -3.67. The van der Waals surface area contributed by atoms with Crippen LogP contribution in [-0.2, 0) is 19.4 Å². The quantitative estimate of drug-likeness (QED) is 0.292. The van der Waals surface area contributed by atoms with E-state index in [9.17, 15) is 14.9 Å². The number of aryl methyl sites for hydroxylation is 1. The second-order valence-electron chi connectivity index (χ2n) is 7.30. The maximum Gasteiger partial charge on any atom is 0.273 e. The van der Waals surface area contributed by atoms with E-state index in [2.05, 4.69) is 0 Å². The average Bonchev–Trinajstić information content (AvgIpc) is 3.24. The van der Waals surface area contributed by atoms with Crippen LogP contribution in [-0.4, -0.2) is 11.2 Å². The summed E-state index contributed by atoms with van der Waals surface area (Å²) in [6.45, 7) is 2.16. The Morgan fingerprint density at radius 3 is 2.57 bits per heavy atom. The van der Waals surface area contributed by atoms with E-state index in [1.165, 1.54) is 0 Å². The van der Waals surface area contributed by atoms with Crippen molar-refractivity contribution in [3.8, 4) is 17.2 Å². The highest BCUT2D eigenvalue weighted by Crippen LogP contribution is 2.41. The van der Waals surface area contributed by atoms with Crippen LogP contribution >= 0.6 is 0 Å². The van der Waals surface area contributed by atoms with Crippen LogP contribution in [0.3, 0.4) is 0 Å². The van der Waals surface area contributed by atoms with Crippen molar-refractivity contribution in [3.63, 3.8) is 0 Å². The van der Waals surface area contributed by atoms with Crippen molar-refractivity contribution in [1.29, 1.82) is 0 Å². The van der Waals surface area contributed by atoms with Crippen LogP contribution in [0, 0.1) is 17.0 Å². The standard InChI is InChI=1S/C24H21NO5/c1-16-12-22(25(27)28)20-8-5-9-21(20)24(16)30-19-10-11-23(18(13-19)14-26)29-15-17-6-3-2-4-7-17/h2-4,6-7,10-14H,5,8-9,15H2,1H3. The SMILES string of the molecule is Cc1cc([N+](=O)[O-])c2c(c1Oc1ccc(OCc3ccccc3)c(C=O)c1)CCC2. The molecular weight excluding hydrogens is 382 g/mol. The molecule has 0 fully saturated rings. The van der Waals surface area contributed by atoms with E-state index in [1.807, 2.05) is 30.3 Å². The minimum Gasteiger partial charge on any atom is -0.488 e. The molecule has 0 heterocycles. The molecule has 3 aromatic rings. The number of aldehydes is 1. The lowest BCUT2D eigenvalue weighted by molar-refractivity contribution is -0.385. The van der Waals surface area contributed by atoms with Gasteiger partial charge in [0.15, 0.2) is 6.29 Å². The Balaban J connectivity index is 1.59. The third-order valence-corrected chi connectivity index (χ3v) is 5.27. The van der Waals surface area contributed by atoms with Gasteiger partial charge in [-0.2, -0.15) is 0 Å². The van der Waals surface area contributed by atoms with Gasteiger partial charge >= 0.3 is 0 Å². The molecule has 0 bridgehead atoms. The fourth-order valence-electron chi connectivity index (χ4n) is 3.84. The first kappa shape index (κ1) is 19.6. The van der Waals surface area contributed by atoms with Crippen LogP contribution in [0.2, 0.25) is 0 Å². The molecule has 0 radical (unpaired) electrons. The first-order valence-corrected chi connectivity index (χ1v) is 9.80. The van der Waals surface area contributed by atoms with Crippen molar-refractivity contribution < 1.29 is 19.2 Å². The predicted octanol–water partition coefficient (Wildman–Crippen LogP) is 5.58. The van der Waals surface area contributed by atoms with Gasteiger partial charge in [0.1, 0.15) is 23.9 Å². The number of carbonyl (C=O) groups excluding carboxylic acids is 1. The molecule has 0 amide bonds.